The van der Waals surface area contributed by atoms with Crippen LogP contribution in [-0.4, -0.2) is 38.2 Å². The maximum absolute atomic E-state index is 10.8. The fourth-order valence-corrected chi connectivity index (χ4v) is 17.6. The minimum atomic E-state index is 0.352. The Morgan fingerprint density at radius 2 is 0.608 bits per heavy atom. The third-order valence-corrected chi connectivity index (χ3v) is 22.8. The van der Waals surface area contributed by atoms with Crippen LogP contribution < -0.4 is 0 Å². The second-order valence-corrected chi connectivity index (χ2v) is 29.5. The van der Waals surface area contributed by atoms with Gasteiger partial charge in [-0.25, -0.2) is 24.8 Å². The van der Waals surface area contributed by atoms with Gasteiger partial charge >= 0.3 is 0 Å². The second kappa shape index (κ2) is 29.7. The van der Waals surface area contributed by atoms with Crippen molar-refractivity contribution in [3.05, 3.63) is 416 Å². The summed E-state index contributed by atoms with van der Waals surface area (Å²) in [6, 6.07) is 139. The van der Waals surface area contributed by atoms with E-state index in [4.69, 9.17) is 26.5 Å². The number of nitrogens with zero attached hydrogens (tertiary/aromatic N) is 12. The first-order chi connectivity index (χ1) is 59.4. The molecule has 6 heterocycles. The summed E-state index contributed by atoms with van der Waals surface area (Å²) in [5.41, 5.74) is 24.8. The van der Waals surface area contributed by atoms with Crippen LogP contribution in [-0.2, 0) is 0 Å². The van der Waals surface area contributed by atoms with Crippen molar-refractivity contribution in [1.29, 1.82) is 15.8 Å². The molecule has 0 atom stereocenters. The summed E-state index contributed by atoms with van der Waals surface area (Å²) >= 11 is 0. The molecule has 16 aromatic carbocycles. The van der Waals surface area contributed by atoms with E-state index >= 15 is 0 Å². The molecule has 0 radical (unpaired) electrons. The molecule has 0 unspecified atom stereocenters. The molecule has 22 aromatic rings. The minimum absolute atomic E-state index is 0.352. The van der Waals surface area contributed by atoms with Crippen LogP contribution in [0.3, 0.4) is 0 Å². The van der Waals surface area contributed by atoms with Crippen molar-refractivity contribution in [3.8, 4) is 131 Å². The highest BCUT2D eigenvalue weighted by Crippen LogP contribution is 2.49. The lowest BCUT2D eigenvalue weighted by Crippen LogP contribution is -2.01. The van der Waals surface area contributed by atoms with Crippen molar-refractivity contribution in [2.75, 3.05) is 0 Å². The Morgan fingerprint density at radius 1 is 0.242 bits per heavy atom. The van der Waals surface area contributed by atoms with E-state index in [1.165, 1.54) is 21.5 Å². The summed E-state index contributed by atoms with van der Waals surface area (Å²) in [7, 11) is 0. The summed E-state index contributed by atoms with van der Waals surface area (Å²) in [6.45, 7) is 8.59. The van der Waals surface area contributed by atoms with Gasteiger partial charge in [0.15, 0.2) is 17.3 Å². The molecule has 0 fully saturated rings. The topological polar surface area (TPSA) is 147 Å². The molecule has 22 rings (SSSR count). The van der Waals surface area contributed by atoms with Gasteiger partial charge in [0.1, 0.15) is 23.3 Å². The van der Waals surface area contributed by atoms with Crippen LogP contribution in [0.15, 0.2) is 388 Å². The monoisotopic (exact) mass is 1530 g/mol. The van der Waals surface area contributed by atoms with Gasteiger partial charge in [0.2, 0.25) is 0 Å². The molecule has 0 aliphatic rings. The van der Waals surface area contributed by atoms with Crippen molar-refractivity contribution in [1.82, 2.24) is 38.2 Å². The van der Waals surface area contributed by atoms with Gasteiger partial charge in [-0.1, -0.05) is 297 Å². The number of hydrogen-bond acceptors (Lipinski definition) is 7. The lowest BCUT2D eigenvalue weighted by atomic mass is 9.94. The van der Waals surface area contributed by atoms with E-state index < -0.39 is 0 Å². The molecule has 0 amide bonds. The molecule has 120 heavy (non-hydrogen) atoms. The van der Waals surface area contributed by atoms with Gasteiger partial charge in [0, 0.05) is 93.7 Å². The molecule has 0 spiro atoms. The number of hydrogen-bond donors (Lipinski definition) is 0. The Kier molecular flexibility index (Phi) is 17.5. The van der Waals surface area contributed by atoms with E-state index in [1.807, 2.05) is 170 Å². The van der Waals surface area contributed by atoms with Crippen LogP contribution in [0.2, 0.25) is 0 Å². The predicted octanol–water partition coefficient (Wildman–Crippen LogP) is 26.8. The SMILES string of the molecule is N#Cc1cc(-c2nc(-c3ccccc3)nc(-c3ccccc3)c2C#N)ccc1-c1ccc2c3c(ccc4c5ccccc5n(-c5ccccc5)c43)n(-c3ccccc3)c2c1.[C-]#[N+]c1cc(-c2nc(-c3ccccc3)nc(-c3ccccc3)c2C#N)ccc1-c1cccc2c3c(ccc4c5ccccc5n(-c5ccccc5)c43)n(-c3ccccc3)c12. The van der Waals surface area contributed by atoms with E-state index in [2.05, 4.69) is 260 Å². The molecule has 0 aliphatic carbocycles. The van der Waals surface area contributed by atoms with Crippen LogP contribution in [0.25, 0.3) is 205 Å². The van der Waals surface area contributed by atoms with Crippen LogP contribution in [0, 0.1) is 40.6 Å². The molecule has 556 valence electrons. The lowest BCUT2D eigenvalue weighted by molar-refractivity contribution is 1.17. The minimum Gasteiger partial charge on any atom is -0.309 e. The van der Waals surface area contributed by atoms with Crippen molar-refractivity contribution >= 4 is 92.9 Å². The zero-order chi connectivity index (χ0) is 80.3. The maximum Gasteiger partial charge on any atom is 0.195 e. The van der Waals surface area contributed by atoms with E-state index in [1.54, 1.807) is 0 Å². The largest absolute Gasteiger partial charge is 0.309 e. The Hall–Kier alpha value is -17.2. The zero-order valence-corrected chi connectivity index (χ0v) is 64.3. The Balaban J connectivity index is 0.000000148. The van der Waals surface area contributed by atoms with Gasteiger partial charge in [-0.05, 0) is 119 Å². The fourth-order valence-electron chi connectivity index (χ4n) is 17.6. The van der Waals surface area contributed by atoms with Crippen molar-refractivity contribution in [2.45, 2.75) is 0 Å². The average Bonchev–Trinajstić information content (AvgIpc) is 1.55. The van der Waals surface area contributed by atoms with Crippen molar-refractivity contribution < 1.29 is 0 Å². The number of nitriles is 3. The van der Waals surface area contributed by atoms with Gasteiger partial charge < -0.3 is 18.3 Å². The summed E-state index contributed by atoms with van der Waals surface area (Å²) in [6.07, 6.45) is 0. The molecule has 12 nitrogen and oxygen atoms in total. The summed E-state index contributed by atoms with van der Waals surface area (Å²) in [5.74, 6) is 1.01. The molecule has 0 aliphatic heterocycles. The number of fused-ring (bicyclic) bond motifs is 14. The summed E-state index contributed by atoms with van der Waals surface area (Å²) in [4.78, 5) is 24.0. The maximum atomic E-state index is 10.8. The van der Waals surface area contributed by atoms with Crippen molar-refractivity contribution in [3.63, 3.8) is 0 Å². The molecule has 0 saturated carbocycles. The summed E-state index contributed by atoms with van der Waals surface area (Å²) in [5, 5.41) is 41.3. The van der Waals surface area contributed by atoms with Gasteiger partial charge in [0.05, 0.1) is 85.1 Å². The van der Waals surface area contributed by atoms with Crippen molar-refractivity contribution in [2.24, 2.45) is 0 Å². The molecular weight excluding hydrogens is 1470 g/mol. The highest BCUT2D eigenvalue weighted by Gasteiger charge is 2.28. The zero-order valence-electron chi connectivity index (χ0n) is 64.3. The number of rotatable bonds is 12. The number of para-hydroxylation sites is 7. The smallest absolute Gasteiger partial charge is 0.195 e. The Morgan fingerprint density at radius 3 is 1.07 bits per heavy atom. The average molecular weight is 1530 g/mol. The van der Waals surface area contributed by atoms with Gasteiger partial charge in [-0.2, -0.15) is 15.8 Å². The first-order valence-corrected chi connectivity index (χ1v) is 39.6. The van der Waals surface area contributed by atoms with E-state index in [0.29, 0.717) is 67.9 Å². The second-order valence-electron chi connectivity index (χ2n) is 29.5. The van der Waals surface area contributed by atoms with Gasteiger partial charge in [-0.3, -0.25) is 0 Å². The predicted molar refractivity (Wildman–Crippen MR) is 485 cm³/mol. The lowest BCUT2D eigenvalue weighted by Gasteiger charge is -2.15. The van der Waals surface area contributed by atoms with E-state index in [-0.39, 0.29) is 0 Å². The van der Waals surface area contributed by atoms with Crippen LogP contribution in [0.1, 0.15) is 16.7 Å². The van der Waals surface area contributed by atoms with Crippen LogP contribution >= 0.6 is 0 Å². The normalized spacial score (nSPS) is 11.3. The highest BCUT2D eigenvalue weighted by molar-refractivity contribution is 6.29. The summed E-state index contributed by atoms with van der Waals surface area (Å²) < 4.78 is 9.44. The fraction of sp³-hybridized carbons (Fsp3) is 0. The Labute approximate surface area is 689 Å². The first kappa shape index (κ1) is 70.7. The van der Waals surface area contributed by atoms with Crippen LogP contribution in [0.5, 0.6) is 0 Å². The molecule has 0 N–H and O–H groups in total. The third-order valence-electron chi connectivity index (χ3n) is 22.8. The van der Waals surface area contributed by atoms with E-state index in [0.717, 1.165) is 133 Å². The first-order valence-electron chi connectivity index (χ1n) is 39.6. The molecular formula is C108H64N12. The number of aromatic nitrogens is 8. The van der Waals surface area contributed by atoms with Gasteiger partial charge in [-0.15, -0.1) is 0 Å². The van der Waals surface area contributed by atoms with Gasteiger partial charge in [0.25, 0.3) is 0 Å². The number of benzene rings is 16. The highest BCUT2D eigenvalue weighted by atomic mass is 15.0. The molecule has 12 heteroatoms. The molecule has 0 bridgehead atoms. The standard InChI is InChI=1S/2C54H32N6/c1-56-46-33-37(51-45(34-55)50(35-17-6-2-7-18-35)57-54(58-51)36-19-8-3-9-20-36)29-30-40(46)42-26-16-27-44-49-48(60(52(42)44)39-23-12-5-13-24-39)32-31-43-41-25-14-15-28-47(41)59(53(43)49)38-21-10-4-11-22-38;55-33-39-31-38(52-46(34-56)51(35-15-5-1-6-16-35)57-54(58-52)36-17-7-2-8-18-36)26-27-42(39)37-25-28-45-49(32-37)59(40-19-9-3-10-20-40)48-30-29-44-43-23-13-14-24-47(43)60(53(44)50(45)48)41-21-11-4-12-22-41/h2-33H;1-32H. The Bertz CT molecular complexity index is 8030. The van der Waals surface area contributed by atoms with E-state index in [9.17, 15) is 15.8 Å². The molecule has 6 aromatic heterocycles. The van der Waals surface area contributed by atoms with Crippen LogP contribution in [0.4, 0.5) is 5.69 Å². The quantitative estimate of drug-likeness (QED) is 0.111. The molecule has 0 saturated heterocycles. The third kappa shape index (κ3) is 11.8.